The molecule has 5 nitrogen and oxygen atoms in total. The third kappa shape index (κ3) is 6.25. The number of halogens is 3. The summed E-state index contributed by atoms with van der Waals surface area (Å²) in [5.41, 5.74) is -0.0943. The normalized spacial score (nSPS) is 14.7. The van der Waals surface area contributed by atoms with Crippen molar-refractivity contribution >= 4 is 45.6 Å². The Morgan fingerprint density at radius 1 is 1.29 bits per heavy atom. The van der Waals surface area contributed by atoms with E-state index in [1.165, 1.54) is 17.8 Å². The van der Waals surface area contributed by atoms with Crippen LogP contribution < -0.4 is 10.2 Å². The molecule has 1 amide bonds. The van der Waals surface area contributed by atoms with Crippen LogP contribution in [0.1, 0.15) is 19.4 Å². The van der Waals surface area contributed by atoms with Gasteiger partial charge in [0.15, 0.2) is 0 Å². The molecular formula is C18H24F3N3O2S2. The van der Waals surface area contributed by atoms with Crippen LogP contribution in [0.5, 0.6) is 0 Å². The molecule has 1 fully saturated rings. The maximum absolute atomic E-state index is 13.1. The highest BCUT2D eigenvalue weighted by Crippen LogP contribution is 2.35. The highest BCUT2D eigenvalue weighted by molar-refractivity contribution is 8.23. The predicted octanol–water partition coefficient (Wildman–Crippen LogP) is 3.84. The van der Waals surface area contributed by atoms with Gasteiger partial charge in [-0.3, -0.25) is 4.79 Å². The average Bonchev–Trinajstić information content (AvgIpc) is 2.67. The largest absolute Gasteiger partial charge is 0.416 e. The first-order chi connectivity index (χ1) is 13.3. The molecule has 1 aliphatic rings. The molecule has 28 heavy (non-hydrogen) atoms. The quantitative estimate of drug-likeness (QED) is 0.685. The van der Waals surface area contributed by atoms with Gasteiger partial charge in [0.05, 0.1) is 35.9 Å². The maximum Gasteiger partial charge on any atom is 0.416 e. The van der Waals surface area contributed by atoms with Gasteiger partial charge in [-0.2, -0.15) is 13.2 Å². The van der Waals surface area contributed by atoms with E-state index in [1.807, 2.05) is 23.6 Å². The number of hydrogen-bond acceptors (Lipinski definition) is 5. The minimum Gasteiger partial charge on any atom is -0.378 e. The number of amides is 1. The Labute approximate surface area is 172 Å². The maximum atomic E-state index is 13.1. The lowest BCUT2D eigenvalue weighted by atomic mass is 10.1. The van der Waals surface area contributed by atoms with Gasteiger partial charge in [-0.25, -0.2) is 0 Å². The summed E-state index contributed by atoms with van der Waals surface area (Å²) in [4.78, 5) is 16.2. The van der Waals surface area contributed by atoms with E-state index in [0.717, 1.165) is 25.2 Å². The van der Waals surface area contributed by atoms with Crippen molar-refractivity contribution in [3.63, 3.8) is 0 Å². The summed E-state index contributed by atoms with van der Waals surface area (Å²) in [5, 5.41) is 2.63. The van der Waals surface area contributed by atoms with E-state index in [0.29, 0.717) is 36.3 Å². The van der Waals surface area contributed by atoms with E-state index in [2.05, 4.69) is 5.32 Å². The van der Waals surface area contributed by atoms with Crippen LogP contribution in [-0.4, -0.2) is 60.3 Å². The monoisotopic (exact) mass is 435 g/mol. The summed E-state index contributed by atoms with van der Waals surface area (Å²) >= 11 is 6.49. The number of nitrogens with zero attached hydrogens (tertiary/aromatic N) is 2. The molecule has 1 aromatic rings. The molecule has 0 aliphatic carbocycles. The second kappa shape index (κ2) is 10.3. The van der Waals surface area contributed by atoms with Gasteiger partial charge in [-0.15, -0.1) is 0 Å². The SMILES string of the molecule is CCN(CC)C(=S)SCC(=O)Nc1cc(C(F)(F)F)ccc1N1CCOCC1. The van der Waals surface area contributed by atoms with Gasteiger partial charge < -0.3 is 19.9 Å². The second-order valence-corrected chi connectivity index (χ2v) is 7.71. The number of carbonyl (C=O) groups excluding carboxylic acids is 1. The smallest absolute Gasteiger partial charge is 0.378 e. The Morgan fingerprint density at radius 3 is 2.50 bits per heavy atom. The molecule has 0 unspecified atom stereocenters. The summed E-state index contributed by atoms with van der Waals surface area (Å²) in [6.07, 6.45) is -4.48. The molecule has 0 saturated carbocycles. The Bertz CT molecular complexity index is 691. The lowest BCUT2D eigenvalue weighted by Gasteiger charge is -2.31. The first kappa shape index (κ1) is 22.8. The number of hydrogen-bond donors (Lipinski definition) is 1. The molecule has 2 rings (SSSR count). The van der Waals surface area contributed by atoms with Crippen molar-refractivity contribution in [1.29, 1.82) is 0 Å². The Morgan fingerprint density at radius 2 is 1.93 bits per heavy atom. The van der Waals surface area contributed by atoms with Crippen LogP contribution in [0.2, 0.25) is 0 Å². The minimum absolute atomic E-state index is 0.0358. The van der Waals surface area contributed by atoms with Crippen molar-refractivity contribution < 1.29 is 22.7 Å². The number of rotatable bonds is 6. The standard InChI is InChI=1S/C18H24F3N3O2S2/c1-3-23(4-2)17(27)28-12-16(25)22-14-11-13(18(19,20)21)5-6-15(14)24-7-9-26-10-8-24/h5-6,11H,3-4,7-10,12H2,1-2H3,(H,22,25). The predicted molar refractivity (Wildman–Crippen MR) is 111 cm³/mol. The average molecular weight is 436 g/mol. The van der Waals surface area contributed by atoms with E-state index in [4.69, 9.17) is 17.0 Å². The zero-order valence-corrected chi connectivity index (χ0v) is 17.5. The first-order valence-corrected chi connectivity index (χ1v) is 10.4. The molecular weight excluding hydrogens is 411 g/mol. The number of ether oxygens (including phenoxy) is 1. The van der Waals surface area contributed by atoms with E-state index >= 15 is 0 Å². The molecule has 1 aliphatic heterocycles. The fraction of sp³-hybridized carbons (Fsp3) is 0.556. The number of anilines is 2. The fourth-order valence-electron chi connectivity index (χ4n) is 2.78. The molecule has 10 heteroatoms. The van der Waals surface area contributed by atoms with E-state index in [9.17, 15) is 18.0 Å². The third-order valence-corrected chi connectivity index (χ3v) is 5.82. The summed E-state index contributed by atoms with van der Waals surface area (Å²) in [6.45, 7) is 7.48. The number of nitrogens with one attached hydrogen (secondary N) is 1. The number of thiocarbonyl (C=S) groups is 1. The first-order valence-electron chi connectivity index (χ1n) is 9.01. The molecule has 0 atom stereocenters. The Balaban J connectivity index is 2.14. The molecule has 0 spiro atoms. The van der Waals surface area contributed by atoms with Crippen molar-refractivity contribution in [2.75, 3.05) is 55.4 Å². The molecule has 1 aromatic carbocycles. The molecule has 0 aromatic heterocycles. The Kier molecular flexibility index (Phi) is 8.38. The summed E-state index contributed by atoms with van der Waals surface area (Å²) < 4.78 is 45.3. The molecule has 0 radical (unpaired) electrons. The number of carbonyl (C=O) groups is 1. The zero-order chi connectivity index (χ0) is 20.7. The zero-order valence-electron chi connectivity index (χ0n) is 15.8. The van der Waals surface area contributed by atoms with E-state index in [1.54, 1.807) is 0 Å². The van der Waals surface area contributed by atoms with Crippen molar-refractivity contribution in [1.82, 2.24) is 4.90 Å². The van der Waals surface area contributed by atoms with Crippen LogP contribution in [0.3, 0.4) is 0 Å². The van der Waals surface area contributed by atoms with Crippen LogP contribution in [0.25, 0.3) is 0 Å². The van der Waals surface area contributed by atoms with Crippen LogP contribution in [0.15, 0.2) is 18.2 Å². The second-order valence-electron chi connectivity index (χ2n) is 6.10. The van der Waals surface area contributed by atoms with Gasteiger partial charge in [0.25, 0.3) is 0 Å². The molecule has 1 N–H and O–H groups in total. The molecule has 1 saturated heterocycles. The van der Waals surface area contributed by atoms with Crippen LogP contribution >= 0.6 is 24.0 Å². The van der Waals surface area contributed by atoms with Crippen molar-refractivity contribution in [2.24, 2.45) is 0 Å². The summed E-state index contributed by atoms with van der Waals surface area (Å²) in [5.74, 6) is -0.359. The number of alkyl halides is 3. The molecule has 156 valence electrons. The number of benzene rings is 1. The lowest BCUT2D eigenvalue weighted by Crippen LogP contribution is -2.37. The van der Waals surface area contributed by atoms with Crippen molar-refractivity contribution in [3.05, 3.63) is 23.8 Å². The number of morpholine rings is 1. The van der Waals surface area contributed by atoms with Gasteiger partial charge in [0, 0.05) is 26.2 Å². The highest BCUT2D eigenvalue weighted by atomic mass is 32.2. The van der Waals surface area contributed by atoms with Crippen molar-refractivity contribution in [3.8, 4) is 0 Å². The van der Waals surface area contributed by atoms with Gasteiger partial charge in [-0.05, 0) is 32.0 Å². The van der Waals surface area contributed by atoms with E-state index in [-0.39, 0.29) is 11.4 Å². The van der Waals surface area contributed by atoms with Crippen LogP contribution in [0, 0.1) is 0 Å². The van der Waals surface area contributed by atoms with Crippen LogP contribution in [-0.2, 0) is 15.7 Å². The topological polar surface area (TPSA) is 44.8 Å². The van der Waals surface area contributed by atoms with Crippen LogP contribution in [0.4, 0.5) is 24.5 Å². The van der Waals surface area contributed by atoms with Gasteiger partial charge in [0.1, 0.15) is 4.32 Å². The van der Waals surface area contributed by atoms with Gasteiger partial charge in [-0.1, -0.05) is 24.0 Å². The van der Waals surface area contributed by atoms with E-state index < -0.39 is 17.6 Å². The fourth-order valence-corrected chi connectivity index (χ4v) is 3.98. The molecule has 0 bridgehead atoms. The van der Waals surface area contributed by atoms with Gasteiger partial charge in [0.2, 0.25) is 5.91 Å². The number of thioether (sulfide) groups is 1. The summed E-state index contributed by atoms with van der Waals surface area (Å²) in [6, 6.07) is 3.41. The third-order valence-electron chi connectivity index (χ3n) is 4.30. The lowest BCUT2D eigenvalue weighted by molar-refractivity contribution is -0.137. The Hall–Kier alpha value is -1.52. The highest BCUT2D eigenvalue weighted by Gasteiger charge is 2.32. The molecule has 1 heterocycles. The van der Waals surface area contributed by atoms with Gasteiger partial charge >= 0.3 is 6.18 Å². The van der Waals surface area contributed by atoms with Crippen molar-refractivity contribution in [2.45, 2.75) is 20.0 Å². The minimum atomic E-state index is -4.48. The summed E-state index contributed by atoms with van der Waals surface area (Å²) in [7, 11) is 0.